The zero-order chi connectivity index (χ0) is 26.0. The lowest BCUT2D eigenvalue weighted by Gasteiger charge is -2.23. The van der Waals surface area contributed by atoms with Gasteiger partial charge in [-0.25, -0.2) is 0 Å². The maximum Gasteiger partial charge on any atom is 0.267 e. The fourth-order valence-electron chi connectivity index (χ4n) is 3.65. The van der Waals surface area contributed by atoms with Crippen molar-refractivity contribution in [2.75, 3.05) is 36.0 Å². The minimum Gasteiger partial charge on any atom is -0.397 e. The lowest BCUT2D eigenvalue weighted by atomic mass is 10.1. The van der Waals surface area contributed by atoms with Gasteiger partial charge in [-0.2, -0.15) is 0 Å². The molecule has 2 aromatic carbocycles. The number of nitrogens with one attached hydrogen (secondary N) is 5. The predicted octanol–water partition coefficient (Wildman–Crippen LogP) is 2.92. The normalized spacial score (nSPS) is 11.9. The van der Waals surface area contributed by atoms with E-state index in [1.807, 2.05) is 45.0 Å². The van der Waals surface area contributed by atoms with Crippen LogP contribution in [0.3, 0.4) is 0 Å². The van der Waals surface area contributed by atoms with E-state index in [-0.39, 0.29) is 17.7 Å². The van der Waals surface area contributed by atoms with Gasteiger partial charge in [0, 0.05) is 42.6 Å². The molecule has 0 spiro atoms. The summed E-state index contributed by atoms with van der Waals surface area (Å²) in [4.78, 5) is 24.4. The Morgan fingerprint density at radius 2 is 1.86 bits per heavy atom. The average Bonchev–Trinajstić information content (AvgIpc) is 2.78. The van der Waals surface area contributed by atoms with Crippen LogP contribution in [0.5, 0.6) is 0 Å². The van der Waals surface area contributed by atoms with E-state index in [4.69, 9.17) is 16.9 Å². The van der Waals surface area contributed by atoms with Gasteiger partial charge in [0.1, 0.15) is 5.70 Å². The molecular formula is C26H37N7O2. The van der Waals surface area contributed by atoms with E-state index in [0.717, 1.165) is 22.5 Å². The summed E-state index contributed by atoms with van der Waals surface area (Å²) in [5.74, 6) is -0.737. The van der Waals surface area contributed by atoms with Gasteiger partial charge in [-0.1, -0.05) is 12.1 Å². The molecule has 188 valence electrons. The summed E-state index contributed by atoms with van der Waals surface area (Å²) in [6.45, 7) is 9.02. The molecule has 0 aliphatic carbocycles. The Labute approximate surface area is 207 Å². The Morgan fingerprint density at radius 1 is 1.11 bits per heavy atom. The molecule has 9 N–H and O–H groups in total. The van der Waals surface area contributed by atoms with Gasteiger partial charge in [0.05, 0.1) is 11.4 Å². The Bertz CT molecular complexity index is 1070. The van der Waals surface area contributed by atoms with Crippen molar-refractivity contribution in [2.24, 2.45) is 5.73 Å². The Kier molecular flexibility index (Phi) is 10.1. The van der Waals surface area contributed by atoms with Crippen molar-refractivity contribution in [1.29, 1.82) is 5.41 Å². The maximum absolute atomic E-state index is 13.0. The van der Waals surface area contributed by atoms with Gasteiger partial charge in [0.25, 0.3) is 5.91 Å². The molecule has 9 nitrogen and oxygen atoms in total. The van der Waals surface area contributed by atoms with Crippen LogP contribution in [0.25, 0.3) is 0 Å². The Balaban J connectivity index is 2.13. The van der Waals surface area contributed by atoms with Crippen LogP contribution in [-0.4, -0.2) is 43.2 Å². The van der Waals surface area contributed by atoms with Crippen molar-refractivity contribution < 1.29 is 9.59 Å². The molecule has 2 rings (SSSR count). The molecular weight excluding hydrogens is 442 g/mol. The minimum absolute atomic E-state index is 0.229. The topological polar surface area (TPSA) is 158 Å². The van der Waals surface area contributed by atoms with E-state index in [1.165, 1.54) is 6.08 Å². The van der Waals surface area contributed by atoms with E-state index < -0.39 is 5.91 Å². The first kappa shape index (κ1) is 27.2. The molecule has 2 aromatic rings. The number of nitrogens with two attached hydrogens (primary N) is 2. The van der Waals surface area contributed by atoms with Crippen LogP contribution in [0, 0.1) is 19.3 Å². The average molecular weight is 480 g/mol. The molecule has 0 saturated heterocycles. The van der Waals surface area contributed by atoms with Crippen LogP contribution in [0.1, 0.15) is 41.8 Å². The largest absolute Gasteiger partial charge is 0.397 e. The van der Waals surface area contributed by atoms with Gasteiger partial charge < -0.3 is 38.1 Å². The number of nitrogen functional groups attached to an aromatic ring is 1. The van der Waals surface area contributed by atoms with Crippen molar-refractivity contribution in [3.8, 4) is 0 Å². The van der Waals surface area contributed by atoms with Crippen LogP contribution in [0.15, 0.2) is 48.2 Å². The van der Waals surface area contributed by atoms with Crippen molar-refractivity contribution >= 4 is 34.6 Å². The number of anilines is 3. The van der Waals surface area contributed by atoms with E-state index in [0.29, 0.717) is 43.0 Å². The molecule has 1 unspecified atom stereocenters. The number of allylic oxidation sites excluding steroid dienone is 1. The lowest BCUT2D eigenvalue weighted by molar-refractivity contribution is -0.118. The molecule has 9 heteroatoms. The highest BCUT2D eigenvalue weighted by Crippen LogP contribution is 2.22. The Morgan fingerprint density at radius 3 is 2.46 bits per heavy atom. The van der Waals surface area contributed by atoms with Crippen LogP contribution >= 0.6 is 0 Å². The van der Waals surface area contributed by atoms with E-state index in [9.17, 15) is 9.59 Å². The second kappa shape index (κ2) is 13.0. The van der Waals surface area contributed by atoms with Gasteiger partial charge in [0.15, 0.2) is 0 Å². The summed E-state index contributed by atoms with van der Waals surface area (Å²) in [6.07, 6.45) is 2.13. The van der Waals surface area contributed by atoms with Crippen molar-refractivity contribution in [1.82, 2.24) is 10.6 Å². The molecule has 0 aliphatic heterocycles. The van der Waals surface area contributed by atoms with Crippen molar-refractivity contribution in [3.63, 3.8) is 0 Å². The Hall–Kier alpha value is -4.01. The smallest absolute Gasteiger partial charge is 0.267 e. The third kappa shape index (κ3) is 8.37. The molecule has 0 aliphatic rings. The molecule has 0 heterocycles. The second-order valence-corrected chi connectivity index (χ2v) is 8.47. The van der Waals surface area contributed by atoms with Crippen LogP contribution in [0.4, 0.5) is 17.1 Å². The number of likely N-dealkylation sites (N-methyl/N-ethyl adjacent to an activating group) is 1. The number of benzene rings is 2. The molecule has 35 heavy (non-hydrogen) atoms. The first-order chi connectivity index (χ1) is 16.6. The molecule has 0 saturated carbocycles. The number of hydrogen-bond donors (Lipinski definition) is 7. The number of aryl methyl sites for hydroxylation is 2. The van der Waals surface area contributed by atoms with Gasteiger partial charge in [-0.15, -0.1) is 0 Å². The molecule has 0 radical (unpaired) electrons. The zero-order valence-electron chi connectivity index (χ0n) is 20.9. The summed E-state index contributed by atoms with van der Waals surface area (Å²) in [5.41, 5.74) is 16.9. The summed E-state index contributed by atoms with van der Waals surface area (Å²) in [7, 11) is 0. The summed E-state index contributed by atoms with van der Waals surface area (Å²) in [5, 5.41) is 20.6. The van der Waals surface area contributed by atoms with Gasteiger partial charge in [0.2, 0.25) is 5.91 Å². The second-order valence-electron chi connectivity index (χ2n) is 8.47. The van der Waals surface area contributed by atoms with Crippen molar-refractivity contribution in [3.05, 3.63) is 64.9 Å². The molecule has 0 fully saturated rings. The lowest BCUT2D eigenvalue weighted by Crippen LogP contribution is -2.43. The summed E-state index contributed by atoms with van der Waals surface area (Å²) >= 11 is 0. The number of hydrogen-bond acceptors (Lipinski definition) is 7. The first-order valence-electron chi connectivity index (χ1n) is 11.7. The number of amides is 2. The number of para-hydroxylation sites is 1. The fraction of sp³-hybridized carbons (Fsp3) is 0.346. The van der Waals surface area contributed by atoms with Crippen LogP contribution < -0.4 is 32.7 Å². The molecule has 2 amide bonds. The van der Waals surface area contributed by atoms with Crippen LogP contribution in [0.2, 0.25) is 0 Å². The third-order valence-electron chi connectivity index (χ3n) is 5.46. The summed E-state index contributed by atoms with van der Waals surface area (Å²) in [6, 6.07) is 10.7. The maximum atomic E-state index is 13.0. The van der Waals surface area contributed by atoms with E-state index in [1.54, 1.807) is 19.1 Å². The van der Waals surface area contributed by atoms with Gasteiger partial charge in [-0.05, 0) is 75.6 Å². The standard InChI is InChI=1S/C26H37N7O2/c1-5-30-23(14-18(4)27)26(35)33-20(15-32-24-16(2)7-6-8-21(24)28)11-12-31-22-10-9-19(25(29)34)13-17(22)3/h6-10,13-14,20,27,30-32H,5,11-12,15,28H2,1-4H3,(H2,29,34)(H,33,35)/b23-14-,27-18?. The molecule has 0 aromatic heterocycles. The molecule has 0 bridgehead atoms. The highest BCUT2D eigenvalue weighted by Gasteiger charge is 2.17. The quantitative estimate of drug-likeness (QED) is 0.133. The first-order valence-corrected chi connectivity index (χ1v) is 11.7. The zero-order valence-corrected chi connectivity index (χ0v) is 20.9. The predicted molar refractivity (Wildman–Crippen MR) is 144 cm³/mol. The van der Waals surface area contributed by atoms with Crippen molar-refractivity contribution in [2.45, 2.75) is 40.2 Å². The third-order valence-corrected chi connectivity index (χ3v) is 5.46. The van der Waals surface area contributed by atoms with Gasteiger partial charge in [-0.3, -0.25) is 9.59 Å². The number of carbonyl (C=O) groups excluding carboxylic acids is 2. The van der Waals surface area contributed by atoms with E-state index >= 15 is 0 Å². The monoisotopic (exact) mass is 479 g/mol. The highest BCUT2D eigenvalue weighted by atomic mass is 16.2. The van der Waals surface area contributed by atoms with Gasteiger partial charge >= 0.3 is 0 Å². The number of carbonyl (C=O) groups is 2. The fourth-order valence-corrected chi connectivity index (χ4v) is 3.65. The highest BCUT2D eigenvalue weighted by molar-refractivity contribution is 6.01. The number of rotatable bonds is 13. The number of primary amides is 1. The minimum atomic E-state index is -0.464. The van der Waals surface area contributed by atoms with E-state index in [2.05, 4.69) is 21.3 Å². The molecule has 1 atom stereocenters. The van der Waals surface area contributed by atoms with Crippen LogP contribution in [-0.2, 0) is 4.79 Å². The summed E-state index contributed by atoms with van der Waals surface area (Å²) < 4.78 is 0. The SMILES string of the molecule is CCN/C(=C\C(C)=N)C(=O)NC(CCNc1ccc(C(N)=O)cc1C)CNc1c(C)cccc1N.